The van der Waals surface area contributed by atoms with Crippen molar-refractivity contribution < 1.29 is 33.1 Å². The number of amides is 5. The molecule has 6 rings (SSSR count). The minimum atomic E-state index is -0.945. The number of nitrogens with zero attached hydrogens (tertiary/aromatic N) is 4. The number of hydrogen-bond acceptors (Lipinski definition) is 9. The molecule has 0 unspecified atom stereocenters. The summed E-state index contributed by atoms with van der Waals surface area (Å²) in [6.45, 7) is 6.47. The van der Waals surface area contributed by atoms with Crippen molar-refractivity contribution in [3.63, 3.8) is 0 Å². The molecule has 5 amide bonds. The van der Waals surface area contributed by atoms with E-state index in [9.17, 15) is 24.0 Å². The van der Waals surface area contributed by atoms with Gasteiger partial charge in [0.2, 0.25) is 30.0 Å². The smallest absolute Gasteiger partial charge is 0.407 e. The van der Waals surface area contributed by atoms with Crippen molar-refractivity contribution in [3.05, 3.63) is 126 Å². The van der Waals surface area contributed by atoms with Gasteiger partial charge in [-0.1, -0.05) is 86.6 Å². The molecule has 6 aromatic rings. The molecule has 15 heteroatoms. The fourth-order valence-corrected chi connectivity index (χ4v) is 6.84. The summed E-state index contributed by atoms with van der Waals surface area (Å²) < 4.78 is 11.0. The predicted octanol–water partition coefficient (Wildman–Crippen LogP) is 6.69. The summed E-state index contributed by atoms with van der Waals surface area (Å²) in [6.07, 6.45) is 2.69. The number of hydrogen-bond donors (Lipinski definition) is 4. The maximum absolute atomic E-state index is 13.9. The number of aromatic amines is 1. The van der Waals surface area contributed by atoms with Crippen molar-refractivity contribution in [1.82, 2.24) is 35.4 Å². The minimum absolute atomic E-state index is 0.177. The van der Waals surface area contributed by atoms with Crippen LogP contribution in [0.1, 0.15) is 61.3 Å². The molecule has 4 N–H and O–H groups in total. The Bertz CT molecular complexity index is 2430. The lowest BCUT2D eigenvalue weighted by molar-refractivity contribution is -0.137. The molecule has 0 aliphatic heterocycles. The van der Waals surface area contributed by atoms with E-state index in [1.807, 2.05) is 63.2 Å². The second-order valence-electron chi connectivity index (χ2n) is 14.2. The Hall–Kier alpha value is -7.29. The van der Waals surface area contributed by atoms with Crippen molar-refractivity contribution in [2.45, 2.75) is 52.2 Å². The molecule has 310 valence electrons. The second kappa shape index (κ2) is 19.9. The molecule has 0 fully saturated rings. The molecule has 0 aliphatic carbocycles. The Morgan fingerprint density at radius 2 is 1.48 bits per heavy atom. The lowest BCUT2D eigenvalue weighted by atomic mass is 10.1. The van der Waals surface area contributed by atoms with E-state index in [0.29, 0.717) is 88.8 Å². The van der Waals surface area contributed by atoms with Crippen LogP contribution in [0.4, 0.5) is 10.5 Å². The highest BCUT2D eigenvalue weighted by Gasteiger charge is 2.29. The Balaban J connectivity index is 1.16. The number of carbonyl (C=O) groups excluding carboxylic acids is 5. The monoisotopic (exact) mass is 812 g/mol. The molecule has 0 spiro atoms. The number of alkyl carbamates (subject to hydrolysis) is 1. The Morgan fingerprint density at radius 1 is 0.833 bits per heavy atom. The maximum Gasteiger partial charge on any atom is 0.407 e. The second-order valence-corrected chi connectivity index (χ2v) is 14.2. The largest absolute Gasteiger partial charge is 0.453 e. The van der Waals surface area contributed by atoms with E-state index < -0.39 is 24.1 Å². The van der Waals surface area contributed by atoms with Crippen LogP contribution < -0.4 is 16.0 Å². The minimum Gasteiger partial charge on any atom is -0.453 e. The topological polar surface area (TPSA) is 192 Å². The van der Waals surface area contributed by atoms with Crippen LogP contribution >= 0.6 is 0 Å². The summed E-state index contributed by atoms with van der Waals surface area (Å²) >= 11 is 0. The number of benzene rings is 4. The number of rotatable bonds is 18. The van der Waals surface area contributed by atoms with Crippen LogP contribution in [0.25, 0.3) is 33.8 Å². The number of imidazole rings is 1. The number of H-pyrrole nitrogens is 1. The van der Waals surface area contributed by atoms with E-state index in [4.69, 9.17) is 14.1 Å². The molecule has 15 nitrogen and oxygen atoms in total. The van der Waals surface area contributed by atoms with Gasteiger partial charge in [-0.3, -0.25) is 19.2 Å². The van der Waals surface area contributed by atoms with Crippen molar-refractivity contribution in [2.75, 3.05) is 32.1 Å². The number of anilines is 1. The first-order valence-electron chi connectivity index (χ1n) is 19.7. The molecule has 2 heterocycles. The van der Waals surface area contributed by atoms with E-state index >= 15 is 0 Å². The summed E-state index contributed by atoms with van der Waals surface area (Å²) in [4.78, 5) is 80.2. The highest BCUT2D eigenvalue weighted by Crippen LogP contribution is 2.31. The highest BCUT2D eigenvalue weighted by atomic mass is 16.5. The number of ether oxygens (including phenoxy) is 1. The lowest BCUT2D eigenvalue weighted by Crippen LogP contribution is -2.44. The number of aryl methyl sites for hydroxylation is 1. The number of oxazole rings is 1. The highest BCUT2D eigenvalue weighted by molar-refractivity contribution is 5.97. The Labute approximate surface area is 347 Å². The zero-order chi connectivity index (χ0) is 42.6. The zero-order valence-corrected chi connectivity index (χ0v) is 33.9. The SMILES string of the molecule is CCCN(CC(=O)Nc1cc(-c2cnc(-c3ccc4nc(CN(CCC)C(=O)[C@H](NC(=O)OC)c5ccccc5)[nH]c4c3)o2)ccc1C)C(=O)[C@H](NC=O)c1ccccc1. The summed E-state index contributed by atoms with van der Waals surface area (Å²) in [7, 11) is 1.25. The van der Waals surface area contributed by atoms with Gasteiger partial charge in [0, 0.05) is 29.9 Å². The predicted molar refractivity (Wildman–Crippen MR) is 226 cm³/mol. The van der Waals surface area contributed by atoms with Crippen molar-refractivity contribution in [1.29, 1.82) is 0 Å². The van der Waals surface area contributed by atoms with Gasteiger partial charge in [-0.25, -0.2) is 14.8 Å². The van der Waals surface area contributed by atoms with Gasteiger partial charge in [-0.15, -0.1) is 0 Å². The first kappa shape index (κ1) is 42.3. The van der Waals surface area contributed by atoms with Crippen LogP contribution in [0.15, 0.2) is 108 Å². The van der Waals surface area contributed by atoms with Gasteiger partial charge in [-0.2, -0.15) is 0 Å². The van der Waals surface area contributed by atoms with Crippen molar-refractivity contribution in [3.8, 4) is 22.8 Å². The molecule has 0 bridgehead atoms. The number of aromatic nitrogens is 3. The molecule has 2 atom stereocenters. The van der Waals surface area contributed by atoms with Crippen molar-refractivity contribution in [2.24, 2.45) is 0 Å². The summed E-state index contributed by atoms with van der Waals surface area (Å²) in [6, 6.07) is 27.1. The van der Waals surface area contributed by atoms with Gasteiger partial charge < -0.3 is 39.9 Å². The van der Waals surface area contributed by atoms with Gasteiger partial charge in [0.15, 0.2) is 5.76 Å². The van der Waals surface area contributed by atoms with Crippen LogP contribution in [-0.4, -0.2) is 81.7 Å². The number of fused-ring (bicyclic) bond motifs is 1. The van der Waals surface area contributed by atoms with Crippen LogP contribution in [-0.2, 0) is 30.5 Å². The van der Waals surface area contributed by atoms with E-state index in [1.165, 1.54) is 12.0 Å². The average molecular weight is 813 g/mol. The van der Waals surface area contributed by atoms with Crippen LogP contribution in [0.5, 0.6) is 0 Å². The molecule has 2 aromatic heterocycles. The normalized spacial score (nSPS) is 11.9. The number of nitrogens with one attached hydrogen (secondary N) is 4. The Kier molecular flexibility index (Phi) is 14.0. The number of methoxy groups -OCH3 is 1. The maximum atomic E-state index is 13.9. The van der Waals surface area contributed by atoms with Crippen LogP contribution in [0.2, 0.25) is 0 Å². The van der Waals surface area contributed by atoms with Crippen molar-refractivity contribution >= 4 is 46.9 Å². The molecule has 0 saturated heterocycles. The molecular formula is C45H48N8O7. The van der Waals surface area contributed by atoms with Crippen LogP contribution in [0, 0.1) is 6.92 Å². The summed E-state index contributed by atoms with van der Waals surface area (Å²) in [5.74, 6) is 0.326. The summed E-state index contributed by atoms with van der Waals surface area (Å²) in [5.41, 5.74) is 5.37. The van der Waals surface area contributed by atoms with E-state index in [1.54, 1.807) is 65.7 Å². The fourth-order valence-electron chi connectivity index (χ4n) is 6.84. The molecule has 0 radical (unpaired) electrons. The molecule has 60 heavy (non-hydrogen) atoms. The molecule has 0 aliphatic rings. The quantitative estimate of drug-likeness (QED) is 0.0685. The molecular weight excluding hydrogens is 765 g/mol. The van der Waals surface area contributed by atoms with Gasteiger partial charge in [0.25, 0.3) is 0 Å². The Morgan fingerprint density at radius 3 is 2.15 bits per heavy atom. The third-order valence-corrected chi connectivity index (χ3v) is 9.81. The number of carbonyl (C=O) groups is 5. The van der Waals surface area contributed by atoms with E-state index in [0.717, 1.165) is 5.56 Å². The first-order valence-corrected chi connectivity index (χ1v) is 19.7. The summed E-state index contributed by atoms with van der Waals surface area (Å²) in [5, 5.41) is 8.21. The standard InChI is InChI=1S/C45H48N8O7/c1-5-21-52(44(57)41(51-45(58)59-4)31-15-11-8-12-16-31)26-38-48-34-20-19-33(24-36(34)49-38)42-46-25-37(60-42)32-18-17-29(3)35(23-32)50-39(55)27-53(22-6-2)43(56)40(47-28-54)30-13-9-7-10-14-30/h7-20,23-25,28,40-41H,5-6,21-22,26-27H2,1-4H3,(H,47,54)(H,48,49)(H,50,55)(H,51,58)/t40-,41-/m1/s1. The first-order chi connectivity index (χ1) is 29.1. The lowest BCUT2D eigenvalue weighted by Gasteiger charge is -2.27. The third kappa shape index (κ3) is 10.2. The van der Waals surface area contributed by atoms with Crippen LogP contribution in [0.3, 0.4) is 0 Å². The molecule has 4 aromatic carbocycles. The zero-order valence-electron chi connectivity index (χ0n) is 33.9. The fraction of sp³-hybridized carbons (Fsp3) is 0.267. The molecule has 0 saturated carbocycles. The van der Waals surface area contributed by atoms with Gasteiger partial charge in [-0.05, 0) is 60.7 Å². The van der Waals surface area contributed by atoms with E-state index in [-0.39, 0.29) is 24.9 Å². The van der Waals surface area contributed by atoms with Gasteiger partial charge >= 0.3 is 6.09 Å². The van der Waals surface area contributed by atoms with Gasteiger partial charge in [0.05, 0.1) is 37.4 Å². The third-order valence-electron chi connectivity index (χ3n) is 9.81. The average Bonchev–Trinajstić information content (AvgIpc) is 3.92. The van der Waals surface area contributed by atoms with Gasteiger partial charge in [0.1, 0.15) is 17.9 Å². The van der Waals surface area contributed by atoms with E-state index in [2.05, 4.69) is 25.9 Å².